The van der Waals surface area contributed by atoms with Crippen molar-refractivity contribution in [1.82, 2.24) is 42.1 Å². The maximum absolute atomic E-state index is 15.2. The van der Waals surface area contributed by atoms with Crippen LogP contribution >= 0.6 is 0 Å². The fourth-order valence-corrected chi connectivity index (χ4v) is 13.1. The molecule has 7 aliphatic rings. The Labute approximate surface area is 571 Å². The van der Waals surface area contributed by atoms with Crippen LogP contribution in [0.25, 0.3) is 0 Å². The van der Waals surface area contributed by atoms with Gasteiger partial charge in [-0.1, -0.05) is 75.1 Å². The summed E-state index contributed by atoms with van der Waals surface area (Å²) < 4.78 is 34.3. The third-order valence-corrected chi connectivity index (χ3v) is 19.0. The second kappa shape index (κ2) is 34.4. The Hall–Kier alpha value is -7.61. The van der Waals surface area contributed by atoms with E-state index in [9.17, 15) is 90.4 Å². The third kappa shape index (κ3) is 18.0. The van der Waals surface area contributed by atoms with Crippen LogP contribution in [0.5, 0.6) is 5.75 Å². The quantitative estimate of drug-likeness (QED) is 0.0516. The van der Waals surface area contributed by atoms with E-state index in [1.165, 1.54) is 24.3 Å². The van der Waals surface area contributed by atoms with Crippen molar-refractivity contribution < 1.29 is 128 Å². The summed E-state index contributed by atoms with van der Waals surface area (Å²) in [5, 5.41) is 160. The van der Waals surface area contributed by atoms with Gasteiger partial charge < -0.3 is 148 Å². The van der Waals surface area contributed by atoms with E-state index in [0.717, 1.165) is 30.6 Å². The molecular formula is C62H90N12O26. The number of aliphatic hydroxyl groups is 13. The van der Waals surface area contributed by atoms with Gasteiger partial charge in [-0.05, 0) is 35.6 Å². The maximum atomic E-state index is 15.2. The molecule has 0 aromatic heterocycles. The molecule has 2 aromatic carbocycles. The molecule has 25 atom stereocenters. The fraction of sp³-hybridized carbons (Fsp3) is 0.661. The monoisotopic (exact) mass is 1420 g/mol. The largest absolute Gasteiger partial charge is 0.463 e. The summed E-state index contributed by atoms with van der Waals surface area (Å²) in [4.78, 5) is 109. The second-order valence-electron chi connectivity index (χ2n) is 25.8. The summed E-state index contributed by atoms with van der Waals surface area (Å²) in [5.74, 6) is -9.22. The molecular weight excluding hydrogens is 1330 g/mol. The first kappa shape index (κ1) is 76.6. The number of nitrogens with zero attached hydrogens (tertiary/aromatic N) is 3. The van der Waals surface area contributed by atoms with Gasteiger partial charge in [0.25, 0.3) is 0 Å². The topological polar surface area (TPSA) is 602 Å². The first-order valence-electron chi connectivity index (χ1n) is 32.9. The Morgan fingerprint density at radius 3 is 1.89 bits per heavy atom. The Bertz CT molecular complexity index is 3190. The molecule has 9 rings (SSSR count). The van der Waals surface area contributed by atoms with Crippen LogP contribution in [-0.4, -0.2) is 317 Å². The molecule has 100 heavy (non-hydrogen) atoms. The summed E-state index contributed by atoms with van der Waals surface area (Å²) in [6, 6.07) is 0.791. The minimum atomic E-state index is -2.35. The normalized spacial score (nSPS) is 36.2. The van der Waals surface area contributed by atoms with Crippen LogP contribution < -0.4 is 53.4 Å². The summed E-state index contributed by atoms with van der Waals surface area (Å²) in [5.41, 5.74) is 12.8. The molecule has 554 valence electrons. The number of hydrogen-bond acceptors (Lipinski definition) is 32. The van der Waals surface area contributed by atoms with Crippen LogP contribution in [0.2, 0.25) is 0 Å². The van der Waals surface area contributed by atoms with Gasteiger partial charge in [-0.15, -0.1) is 0 Å². The highest BCUT2D eigenvalue weighted by molar-refractivity contribution is 5.98. The highest BCUT2D eigenvalue weighted by Gasteiger charge is 2.54. The second-order valence-corrected chi connectivity index (χ2v) is 25.8. The highest BCUT2D eigenvalue weighted by atomic mass is 16.7. The molecule has 24 N–H and O–H groups in total. The summed E-state index contributed by atoms with van der Waals surface area (Å²) in [6.07, 6.45) is -27.1. The van der Waals surface area contributed by atoms with Crippen LogP contribution in [0.3, 0.4) is 0 Å². The Morgan fingerprint density at radius 1 is 0.620 bits per heavy atom. The van der Waals surface area contributed by atoms with Crippen LogP contribution in [0.4, 0.5) is 0 Å². The van der Waals surface area contributed by atoms with E-state index in [-0.39, 0.29) is 30.2 Å². The van der Waals surface area contributed by atoms with E-state index in [4.69, 9.17) is 39.9 Å². The van der Waals surface area contributed by atoms with Gasteiger partial charge in [0.05, 0.1) is 51.5 Å². The number of aliphatic hydroxyl groups excluding tert-OH is 13. The number of hydrogen-bond donors (Lipinski definition) is 22. The average molecular weight is 1420 g/mol. The Morgan fingerprint density at radius 2 is 1.23 bits per heavy atom. The highest BCUT2D eigenvalue weighted by Crippen LogP contribution is 2.34. The van der Waals surface area contributed by atoms with Crippen molar-refractivity contribution in [2.45, 2.75) is 204 Å². The minimum absolute atomic E-state index is 0.0794. The van der Waals surface area contributed by atoms with Crippen LogP contribution in [-0.2, 0) is 63.7 Å². The minimum Gasteiger partial charge on any atom is -0.463 e. The smallest absolute Gasteiger partial charge is 0.305 e. The van der Waals surface area contributed by atoms with E-state index >= 15 is 9.59 Å². The predicted molar refractivity (Wildman–Crippen MR) is 338 cm³/mol. The lowest BCUT2D eigenvalue weighted by molar-refractivity contribution is -0.352. The number of esters is 1. The van der Waals surface area contributed by atoms with E-state index < -0.39 is 246 Å². The predicted octanol–water partition coefficient (Wildman–Crippen LogP) is -11.1. The summed E-state index contributed by atoms with van der Waals surface area (Å²) >= 11 is 0. The van der Waals surface area contributed by atoms with Crippen LogP contribution in [0.15, 0.2) is 64.6 Å². The van der Waals surface area contributed by atoms with Crippen molar-refractivity contribution in [3.05, 3.63) is 65.7 Å². The lowest BCUT2D eigenvalue weighted by atomic mass is 9.92. The number of guanidine groups is 2. The molecule has 1 saturated carbocycles. The van der Waals surface area contributed by atoms with Crippen molar-refractivity contribution in [2.75, 3.05) is 46.1 Å². The number of amides is 6. The maximum Gasteiger partial charge on any atom is 0.305 e. The van der Waals surface area contributed by atoms with Gasteiger partial charge in [-0.25, -0.2) is 0 Å². The molecule has 2 aromatic rings. The van der Waals surface area contributed by atoms with Crippen molar-refractivity contribution in [1.29, 1.82) is 0 Å². The number of ether oxygens (including phenoxy) is 6. The molecule has 0 bridgehead atoms. The number of carbonyl (C=O) groups is 7. The number of benzene rings is 2. The van der Waals surface area contributed by atoms with Crippen molar-refractivity contribution in [3.63, 3.8) is 0 Å². The third-order valence-electron chi connectivity index (χ3n) is 19.0. The molecule has 4 saturated heterocycles. The van der Waals surface area contributed by atoms with Crippen molar-refractivity contribution >= 4 is 53.3 Å². The zero-order valence-corrected chi connectivity index (χ0v) is 54.2. The van der Waals surface area contributed by atoms with Gasteiger partial charge in [0.1, 0.15) is 128 Å². The SMILES string of the molecule is CC(c1ccccc1)C1NC(=O)CNC(=O)C(CO)NC(=O)C(C(O)C2CN=C(N)N2C2OC(CO)C(O)C(O)C2O)NC(=O)C(C(O)C2CN=C(N)N2)NC(=O)C(Cc2ccc(OC3OC(CO)C(OC4OC(COC(=O)CCC5CCCC5)C(O)C(O)C4O)C(O)C3O)cc2)NC1=O. The zero-order chi connectivity index (χ0) is 72.4. The molecule has 6 amide bonds. The molecule has 6 aliphatic heterocycles. The van der Waals surface area contributed by atoms with E-state index in [0.29, 0.717) is 17.9 Å². The summed E-state index contributed by atoms with van der Waals surface area (Å²) in [6.45, 7) is -3.74. The van der Waals surface area contributed by atoms with E-state index in [2.05, 4.69) is 47.2 Å². The summed E-state index contributed by atoms with van der Waals surface area (Å²) in [7, 11) is 0. The first-order chi connectivity index (χ1) is 47.7. The first-order valence-corrected chi connectivity index (χ1v) is 32.9. The van der Waals surface area contributed by atoms with Crippen LogP contribution in [0.1, 0.15) is 62.5 Å². The van der Waals surface area contributed by atoms with Crippen molar-refractivity contribution in [3.8, 4) is 5.75 Å². The molecule has 38 nitrogen and oxygen atoms in total. The average Bonchev–Trinajstić information content (AvgIpc) is 1.36. The lowest BCUT2D eigenvalue weighted by Gasteiger charge is -2.46. The number of rotatable bonds is 21. The molecule has 6 heterocycles. The van der Waals surface area contributed by atoms with Gasteiger partial charge in [0.15, 0.2) is 24.4 Å². The van der Waals surface area contributed by atoms with Crippen LogP contribution in [0, 0.1) is 5.92 Å². The standard InChI is InChI=1S/C62H90N12O26/c1-25(28-9-3-2-4-10-28)39-55(92)68-30(17-27-11-14-29(15-12-27)96-59-51(89)48(86)52(35(23-77)98-59)100-60-50(88)47(85)45(83)36(99-60)24-95-38(79)16-13-26-7-5-6-8-26)54(91)72-40(42(80)31-18-66-61(63)70-31)57(94)73-41(56(93)69-32(21-75)53(90)65-20-37(78)71-39)43(81)33-19-67-62(64)74(33)58-49(87)46(84)44(82)34(22-76)97-58/h2-4,9-12,14-15,25-26,30-36,39-52,58-60,75-77,80-89H,5-8,13,16-24H2,1H3,(H2,64,67)(H,65,90)(H,68,92)(H,69,93)(H,71,78)(H,72,91)(H,73,94)(H3,63,66,70). The number of carbonyl (C=O) groups excluding carboxylic acids is 7. The van der Waals surface area contributed by atoms with Gasteiger partial charge >= 0.3 is 5.97 Å². The zero-order valence-electron chi connectivity index (χ0n) is 54.2. The number of aliphatic imine (C=N–C) groups is 2. The molecule has 5 fully saturated rings. The van der Waals surface area contributed by atoms with Gasteiger partial charge in [-0.3, -0.25) is 43.5 Å². The van der Waals surface area contributed by atoms with Gasteiger partial charge in [0.2, 0.25) is 41.7 Å². The molecule has 1 aliphatic carbocycles. The number of nitrogens with one attached hydrogen (secondary N) is 7. The van der Waals surface area contributed by atoms with E-state index in [1.54, 1.807) is 37.3 Å². The van der Waals surface area contributed by atoms with Gasteiger partial charge in [0, 0.05) is 18.8 Å². The van der Waals surface area contributed by atoms with Crippen molar-refractivity contribution in [2.24, 2.45) is 27.4 Å². The van der Waals surface area contributed by atoms with E-state index in [1.807, 2.05) is 0 Å². The fourth-order valence-electron chi connectivity index (χ4n) is 13.1. The Balaban J connectivity index is 0.972. The Kier molecular flexibility index (Phi) is 26.3. The molecule has 0 spiro atoms. The molecule has 0 radical (unpaired) electrons. The molecule has 25 unspecified atom stereocenters. The molecule has 38 heteroatoms. The lowest BCUT2D eigenvalue weighted by Crippen LogP contribution is -2.70. The van der Waals surface area contributed by atoms with Gasteiger partial charge in [-0.2, -0.15) is 0 Å². The number of nitrogens with two attached hydrogens (primary N) is 2.